The molecular formula is C12H13Cl2NO4. The Labute approximate surface area is 120 Å². The molecule has 1 aromatic carbocycles. The number of nitrogens with zero attached hydrogens (tertiary/aromatic N) is 1. The molecule has 0 aromatic heterocycles. The minimum absolute atomic E-state index is 0.285. The van der Waals surface area contributed by atoms with Crippen molar-refractivity contribution in [3.05, 3.63) is 28.2 Å². The molecule has 0 fully saturated rings. The molecule has 1 N–H and O–H groups in total. The second-order valence-corrected chi connectivity index (χ2v) is 4.77. The van der Waals surface area contributed by atoms with E-state index >= 15 is 0 Å². The first kappa shape index (κ1) is 15.6. The third-order valence-electron chi connectivity index (χ3n) is 2.29. The van der Waals surface area contributed by atoms with Crippen LogP contribution >= 0.6 is 23.2 Å². The normalized spacial score (nSPS) is 11.8. The SMILES string of the molecule is CC(Oc1ccc(Cl)cc1Cl)C(=O)N(C)CC(=O)O. The minimum Gasteiger partial charge on any atom is -0.480 e. The summed E-state index contributed by atoms with van der Waals surface area (Å²) in [7, 11) is 1.39. The van der Waals surface area contributed by atoms with Crippen molar-refractivity contribution >= 4 is 35.1 Å². The molecule has 0 saturated carbocycles. The molecule has 7 heteroatoms. The average Bonchev–Trinajstić information content (AvgIpc) is 2.30. The summed E-state index contributed by atoms with van der Waals surface area (Å²) in [6.45, 7) is 1.13. The monoisotopic (exact) mass is 305 g/mol. The van der Waals surface area contributed by atoms with E-state index in [1.54, 1.807) is 12.1 Å². The molecule has 1 rings (SSSR count). The molecule has 1 aromatic rings. The van der Waals surface area contributed by atoms with Gasteiger partial charge in [-0.3, -0.25) is 9.59 Å². The van der Waals surface area contributed by atoms with E-state index in [1.165, 1.54) is 20.0 Å². The van der Waals surface area contributed by atoms with Crippen LogP contribution in [0.4, 0.5) is 0 Å². The summed E-state index contributed by atoms with van der Waals surface area (Å²) in [6, 6.07) is 4.63. The number of aliphatic carboxylic acids is 1. The number of carboxylic acids is 1. The zero-order valence-corrected chi connectivity index (χ0v) is 11.9. The molecule has 0 aliphatic heterocycles. The van der Waals surface area contributed by atoms with Crippen molar-refractivity contribution in [3.63, 3.8) is 0 Å². The maximum atomic E-state index is 11.8. The lowest BCUT2D eigenvalue weighted by atomic mass is 10.3. The Morgan fingerprint density at radius 2 is 2.05 bits per heavy atom. The van der Waals surface area contributed by atoms with Gasteiger partial charge in [-0.15, -0.1) is 0 Å². The largest absolute Gasteiger partial charge is 0.480 e. The van der Waals surface area contributed by atoms with Gasteiger partial charge in [0.05, 0.1) is 5.02 Å². The van der Waals surface area contributed by atoms with Crippen LogP contribution in [0.25, 0.3) is 0 Å². The molecule has 0 spiro atoms. The van der Waals surface area contributed by atoms with Crippen LogP contribution in [0.2, 0.25) is 10.0 Å². The van der Waals surface area contributed by atoms with E-state index in [0.29, 0.717) is 10.8 Å². The highest BCUT2D eigenvalue weighted by molar-refractivity contribution is 6.35. The second-order valence-electron chi connectivity index (χ2n) is 3.92. The zero-order valence-electron chi connectivity index (χ0n) is 10.4. The van der Waals surface area contributed by atoms with Crippen molar-refractivity contribution < 1.29 is 19.4 Å². The first-order chi connectivity index (χ1) is 8.81. The van der Waals surface area contributed by atoms with Crippen LogP contribution in [0.15, 0.2) is 18.2 Å². The van der Waals surface area contributed by atoms with Gasteiger partial charge in [-0.25, -0.2) is 0 Å². The van der Waals surface area contributed by atoms with Gasteiger partial charge < -0.3 is 14.7 Å². The molecule has 1 unspecified atom stereocenters. The van der Waals surface area contributed by atoms with Crippen LogP contribution < -0.4 is 4.74 Å². The topological polar surface area (TPSA) is 66.8 Å². The van der Waals surface area contributed by atoms with Gasteiger partial charge in [0, 0.05) is 12.1 Å². The number of carbonyl (C=O) groups is 2. The minimum atomic E-state index is -1.09. The fourth-order valence-corrected chi connectivity index (χ4v) is 1.86. The van der Waals surface area contributed by atoms with Crippen molar-refractivity contribution in [1.29, 1.82) is 0 Å². The number of halogens is 2. The number of rotatable bonds is 5. The Hall–Kier alpha value is -1.46. The molecule has 1 amide bonds. The van der Waals surface area contributed by atoms with E-state index in [2.05, 4.69) is 0 Å². The first-order valence-corrected chi connectivity index (χ1v) is 6.15. The van der Waals surface area contributed by atoms with Crippen LogP contribution in [-0.4, -0.2) is 41.6 Å². The highest BCUT2D eigenvalue weighted by Crippen LogP contribution is 2.28. The highest BCUT2D eigenvalue weighted by Gasteiger charge is 2.21. The van der Waals surface area contributed by atoms with Gasteiger partial charge >= 0.3 is 5.97 Å². The fraction of sp³-hybridized carbons (Fsp3) is 0.333. The Morgan fingerprint density at radius 3 is 2.58 bits per heavy atom. The fourth-order valence-electron chi connectivity index (χ4n) is 1.40. The number of likely N-dealkylation sites (N-methyl/N-ethyl adjacent to an activating group) is 1. The van der Waals surface area contributed by atoms with E-state index in [1.807, 2.05) is 0 Å². The van der Waals surface area contributed by atoms with Gasteiger partial charge in [0.15, 0.2) is 6.10 Å². The van der Waals surface area contributed by atoms with E-state index < -0.39 is 18.0 Å². The first-order valence-electron chi connectivity index (χ1n) is 5.39. The molecule has 0 aliphatic rings. The quantitative estimate of drug-likeness (QED) is 0.906. The summed E-state index contributed by atoms with van der Waals surface area (Å²) in [4.78, 5) is 23.4. The predicted molar refractivity (Wildman–Crippen MR) is 71.8 cm³/mol. The Bertz CT molecular complexity index is 493. The zero-order chi connectivity index (χ0) is 14.6. The third kappa shape index (κ3) is 4.61. The number of carbonyl (C=O) groups excluding carboxylic acids is 1. The highest BCUT2D eigenvalue weighted by atomic mass is 35.5. The number of benzene rings is 1. The van der Waals surface area contributed by atoms with Gasteiger partial charge in [0.1, 0.15) is 12.3 Å². The summed E-state index contributed by atoms with van der Waals surface area (Å²) < 4.78 is 5.39. The van der Waals surface area contributed by atoms with Crippen molar-refractivity contribution in [2.45, 2.75) is 13.0 Å². The van der Waals surface area contributed by atoms with Crippen LogP contribution in [0.3, 0.4) is 0 Å². The van der Waals surface area contributed by atoms with Crippen LogP contribution in [0.5, 0.6) is 5.75 Å². The molecular weight excluding hydrogens is 293 g/mol. The number of amides is 1. The second kappa shape index (κ2) is 6.63. The van der Waals surface area contributed by atoms with Crippen LogP contribution in [0.1, 0.15) is 6.92 Å². The van der Waals surface area contributed by atoms with Gasteiger partial charge in [-0.05, 0) is 25.1 Å². The summed E-state index contributed by atoms with van der Waals surface area (Å²) >= 11 is 11.7. The Kier molecular flexibility index (Phi) is 5.44. The van der Waals surface area contributed by atoms with Gasteiger partial charge in [0.2, 0.25) is 0 Å². The molecule has 0 heterocycles. The third-order valence-corrected chi connectivity index (χ3v) is 2.82. The van der Waals surface area contributed by atoms with Gasteiger partial charge in [0.25, 0.3) is 5.91 Å². The molecule has 0 bridgehead atoms. The van der Waals surface area contributed by atoms with Gasteiger partial charge in [-0.2, -0.15) is 0 Å². The predicted octanol–water partition coefficient (Wildman–Crippen LogP) is 2.30. The summed E-state index contributed by atoms with van der Waals surface area (Å²) in [5, 5.41) is 9.35. The van der Waals surface area contributed by atoms with Gasteiger partial charge in [-0.1, -0.05) is 23.2 Å². The smallest absolute Gasteiger partial charge is 0.323 e. The Balaban J connectivity index is 2.70. The molecule has 1 atom stereocenters. The lowest BCUT2D eigenvalue weighted by Crippen LogP contribution is -2.40. The lowest BCUT2D eigenvalue weighted by molar-refractivity contribution is -0.146. The lowest BCUT2D eigenvalue weighted by Gasteiger charge is -2.21. The molecule has 0 saturated heterocycles. The van der Waals surface area contributed by atoms with E-state index in [9.17, 15) is 9.59 Å². The Morgan fingerprint density at radius 1 is 1.42 bits per heavy atom. The summed E-state index contributed by atoms with van der Waals surface area (Å²) in [6.07, 6.45) is -0.844. The molecule has 104 valence electrons. The average molecular weight is 306 g/mol. The van der Waals surface area contributed by atoms with E-state index in [-0.39, 0.29) is 11.6 Å². The number of carboxylic acid groups (broad SMARTS) is 1. The standard InChI is InChI=1S/C12H13Cl2NO4/c1-7(12(18)15(2)6-11(16)17)19-10-4-3-8(13)5-9(10)14/h3-5,7H,6H2,1-2H3,(H,16,17). The maximum absolute atomic E-state index is 11.8. The van der Waals surface area contributed by atoms with E-state index in [0.717, 1.165) is 4.90 Å². The number of hydrogen-bond donors (Lipinski definition) is 1. The van der Waals surface area contributed by atoms with Crippen molar-refractivity contribution in [3.8, 4) is 5.75 Å². The molecule has 0 radical (unpaired) electrons. The molecule has 5 nitrogen and oxygen atoms in total. The number of hydrogen-bond acceptors (Lipinski definition) is 3. The summed E-state index contributed by atoms with van der Waals surface area (Å²) in [5.74, 6) is -1.23. The van der Waals surface area contributed by atoms with Crippen molar-refractivity contribution in [2.75, 3.05) is 13.6 Å². The molecule has 19 heavy (non-hydrogen) atoms. The molecule has 0 aliphatic carbocycles. The van der Waals surface area contributed by atoms with Crippen LogP contribution in [-0.2, 0) is 9.59 Å². The van der Waals surface area contributed by atoms with Crippen molar-refractivity contribution in [1.82, 2.24) is 4.90 Å². The van der Waals surface area contributed by atoms with Crippen molar-refractivity contribution in [2.24, 2.45) is 0 Å². The van der Waals surface area contributed by atoms with Crippen LogP contribution in [0, 0.1) is 0 Å². The summed E-state index contributed by atoms with van der Waals surface area (Å²) in [5.41, 5.74) is 0. The van der Waals surface area contributed by atoms with E-state index in [4.69, 9.17) is 33.0 Å². The number of ether oxygens (including phenoxy) is 1. The maximum Gasteiger partial charge on any atom is 0.323 e.